The van der Waals surface area contributed by atoms with E-state index in [0.29, 0.717) is 17.0 Å². The number of nitrogens with zero attached hydrogens (tertiary/aromatic N) is 2. The highest BCUT2D eigenvalue weighted by Gasteiger charge is 2.15. The fourth-order valence-electron chi connectivity index (χ4n) is 1.81. The van der Waals surface area contributed by atoms with Crippen molar-refractivity contribution in [3.05, 3.63) is 39.9 Å². The zero-order valence-electron chi connectivity index (χ0n) is 10.5. The number of fused-ring (bicyclic) bond motifs is 1. The highest BCUT2D eigenvalue weighted by atomic mass is 79.9. The lowest BCUT2D eigenvalue weighted by Crippen LogP contribution is -1.92. The van der Waals surface area contributed by atoms with Gasteiger partial charge >= 0.3 is 0 Å². The Bertz CT molecular complexity index is 754. The average molecular weight is 418 g/mol. The molecule has 2 heterocycles. The van der Waals surface area contributed by atoms with Gasteiger partial charge in [0.1, 0.15) is 11.5 Å². The van der Waals surface area contributed by atoms with Gasteiger partial charge in [0.2, 0.25) is 5.88 Å². The first-order valence-corrected chi connectivity index (χ1v) is 8.54. The maximum absolute atomic E-state index is 5.92. The van der Waals surface area contributed by atoms with Crippen LogP contribution in [0, 0.1) is 0 Å². The predicted molar refractivity (Wildman–Crippen MR) is 86.5 cm³/mol. The third-order valence-electron chi connectivity index (χ3n) is 2.80. The van der Waals surface area contributed by atoms with Crippen LogP contribution in [0.5, 0.6) is 17.4 Å². The minimum Gasteiger partial charge on any atom is -0.497 e. The summed E-state index contributed by atoms with van der Waals surface area (Å²) in [4.78, 5) is 5.42. The van der Waals surface area contributed by atoms with Gasteiger partial charge in [-0.15, -0.1) is 11.3 Å². The summed E-state index contributed by atoms with van der Waals surface area (Å²) in [6.07, 6.45) is 1.99. The Hall–Kier alpha value is -1.05. The molecule has 3 rings (SSSR count). The quantitative estimate of drug-likeness (QED) is 0.569. The predicted octanol–water partition coefficient (Wildman–Crippen LogP) is 4.85. The summed E-state index contributed by atoms with van der Waals surface area (Å²) in [7, 11) is 1.63. The van der Waals surface area contributed by atoms with Crippen LogP contribution in [0.1, 0.15) is 5.69 Å². The highest BCUT2D eigenvalue weighted by Crippen LogP contribution is 2.35. The van der Waals surface area contributed by atoms with Gasteiger partial charge in [0.25, 0.3) is 0 Å². The average Bonchev–Trinajstić information content (AvgIpc) is 3.01. The molecule has 0 saturated heterocycles. The summed E-state index contributed by atoms with van der Waals surface area (Å²) in [6.45, 7) is 0. The molecule has 0 unspecified atom stereocenters. The van der Waals surface area contributed by atoms with E-state index in [2.05, 4.69) is 36.8 Å². The second-order valence-electron chi connectivity index (χ2n) is 3.95. The fourth-order valence-corrected chi connectivity index (χ4v) is 3.48. The van der Waals surface area contributed by atoms with Gasteiger partial charge in [-0.1, -0.05) is 15.9 Å². The van der Waals surface area contributed by atoms with E-state index in [1.54, 1.807) is 18.4 Å². The molecule has 0 aliphatic carbocycles. The van der Waals surface area contributed by atoms with E-state index in [1.165, 1.54) is 0 Å². The van der Waals surface area contributed by atoms with Crippen LogP contribution in [0.25, 0.3) is 4.96 Å². The SMILES string of the molecule is COc1ccc(Oc2nc3sccn3c2CBr)c(Br)c1. The van der Waals surface area contributed by atoms with Crippen LogP contribution < -0.4 is 9.47 Å². The summed E-state index contributed by atoms with van der Waals surface area (Å²) in [5, 5.41) is 2.68. The largest absolute Gasteiger partial charge is 0.497 e. The monoisotopic (exact) mass is 416 g/mol. The van der Waals surface area contributed by atoms with Gasteiger partial charge in [0, 0.05) is 16.9 Å². The van der Waals surface area contributed by atoms with Crippen LogP contribution in [-0.2, 0) is 5.33 Å². The molecule has 0 amide bonds. The Kier molecular flexibility index (Phi) is 4.00. The zero-order valence-corrected chi connectivity index (χ0v) is 14.5. The van der Waals surface area contributed by atoms with E-state index in [0.717, 1.165) is 20.9 Å². The summed E-state index contributed by atoms with van der Waals surface area (Å²) in [5.74, 6) is 2.09. The van der Waals surface area contributed by atoms with Crippen molar-refractivity contribution in [1.82, 2.24) is 9.38 Å². The van der Waals surface area contributed by atoms with Gasteiger partial charge in [-0.05, 0) is 34.1 Å². The van der Waals surface area contributed by atoms with Gasteiger partial charge in [-0.3, -0.25) is 4.40 Å². The van der Waals surface area contributed by atoms with Crippen LogP contribution in [0.3, 0.4) is 0 Å². The number of alkyl halides is 1. The summed E-state index contributed by atoms with van der Waals surface area (Å²) in [6, 6.07) is 5.57. The van der Waals surface area contributed by atoms with Crippen molar-refractivity contribution in [2.45, 2.75) is 5.33 Å². The Morgan fingerprint density at radius 3 is 2.95 bits per heavy atom. The molecule has 0 atom stereocenters. The summed E-state index contributed by atoms with van der Waals surface area (Å²) >= 11 is 8.54. The molecule has 3 aromatic rings. The molecule has 0 spiro atoms. The van der Waals surface area contributed by atoms with Gasteiger partial charge in [0.05, 0.1) is 17.3 Å². The minimum atomic E-state index is 0.611. The number of aromatic nitrogens is 2. The van der Waals surface area contributed by atoms with E-state index in [1.807, 2.05) is 34.2 Å². The van der Waals surface area contributed by atoms with Gasteiger partial charge < -0.3 is 9.47 Å². The molecule has 4 nitrogen and oxygen atoms in total. The number of hydrogen-bond acceptors (Lipinski definition) is 4. The van der Waals surface area contributed by atoms with Crippen molar-refractivity contribution in [1.29, 1.82) is 0 Å². The van der Waals surface area contributed by atoms with E-state index in [-0.39, 0.29) is 0 Å². The second kappa shape index (κ2) is 5.75. The number of halogens is 2. The second-order valence-corrected chi connectivity index (χ2v) is 6.24. The lowest BCUT2D eigenvalue weighted by molar-refractivity contribution is 0.411. The van der Waals surface area contributed by atoms with Crippen LogP contribution in [-0.4, -0.2) is 16.5 Å². The number of rotatable bonds is 4. The Labute approximate surface area is 136 Å². The molecular weight excluding hydrogens is 408 g/mol. The molecule has 0 aliphatic rings. The molecule has 0 bridgehead atoms. The maximum Gasteiger partial charge on any atom is 0.243 e. The van der Waals surface area contributed by atoms with Crippen LogP contribution in [0.2, 0.25) is 0 Å². The first-order chi connectivity index (χ1) is 9.72. The zero-order chi connectivity index (χ0) is 14.1. The molecular formula is C13H10Br2N2O2S. The molecule has 2 aromatic heterocycles. The standard InChI is InChI=1S/C13H10Br2N2O2S/c1-18-8-2-3-11(9(15)6-8)19-12-10(7-14)17-4-5-20-13(17)16-12/h2-6H,7H2,1H3. The molecule has 0 fully saturated rings. The number of imidazole rings is 1. The van der Waals surface area contributed by atoms with E-state index in [4.69, 9.17) is 9.47 Å². The first kappa shape index (κ1) is 13.9. The normalized spacial score (nSPS) is 10.9. The number of methoxy groups -OCH3 is 1. The molecule has 0 N–H and O–H groups in total. The molecule has 1 aromatic carbocycles. The van der Waals surface area contributed by atoms with Crippen LogP contribution in [0.4, 0.5) is 0 Å². The molecule has 0 aliphatic heterocycles. The lowest BCUT2D eigenvalue weighted by Gasteiger charge is -2.08. The third-order valence-corrected chi connectivity index (χ3v) is 4.70. The molecule has 7 heteroatoms. The number of hydrogen-bond donors (Lipinski definition) is 0. The third kappa shape index (κ3) is 2.45. The van der Waals surface area contributed by atoms with Gasteiger partial charge in [0.15, 0.2) is 4.96 Å². The number of thiazole rings is 1. The molecule has 0 saturated carbocycles. The summed E-state index contributed by atoms with van der Waals surface area (Å²) in [5.41, 5.74) is 0.990. The van der Waals surface area contributed by atoms with Crippen molar-refractivity contribution < 1.29 is 9.47 Å². The topological polar surface area (TPSA) is 35.8 Å². The highest BCUT2D eigenvalue weighted by molar-refractivity contribution is 9.10. The van der Waals surface area contributed by atoms with Gasteiger partial charge in [-0.2, -0.15) is 4.98 Å². The van der Waals surface area contributed by atoms with E-state index < -0.39 is 0 Å². The minimum absolute atomic E-state index is 0.611. The van der Waals surface area contributed by atoms with Crippen molar-refractivity contribution >= 4 is 48.2 Å². The molecule has 0 radical (unpaired) electrons. The summed E-state index contributed by atoms with van der Waals surface area (Å²) < 4.78 is 13.9. The first-order valence-electron chi connectivity index (χ1n) is 5.74. The molecule has 104 valence electrons. The van der Waals surface area contributed by atoms with Crippen molar-refractivity contribution in [2.75, 3.05) is 7.11 Å². The van der Waals surface area contributed by atoms with Gasteiger partial charge in [-0.25, -0.2) is 0 Å². The van der Waals surface area contributed by atoms with Crippen molar-refractivity contribution in [3.63, 3.8) is 0 Å². The van der Waals surface area contributed by atoms with Crippen molar-refractivity contribution in [2.24, 2.45) is 0 Å². The number of ether oxygens (including phenoxy) is 2. The van der Waals surface area contributed by atoms with Crippen molar-refractivity contribution in [3.8, 4) is 17.4 Å². The molecule has 20 heavy (non-hydrogen) atoms. The van der Waals surface area contributed by atoms with Crippen LogP contribution in [0.15, 0.2) is 34.2 Å². The number of benzene rings is 1. The Morgan fingerprint density at radius 1 is 1.40 bits per heavy atom. The lowest BCUT2D eigenvalue weighted by atomic mass is 10.3. The Morgan fingerprint density at radius 2 is 2.25 bits per heavy atom. The van der Waals surface area contributed by atoms with E-state index >= 15 is 0 Å². The fraction of sp³-hybridized carbons (Fsp3) is 0.154. The smallest absolute Gasteiger partial charge is 0.243 e. The Balaban J connectivity index is 1.98. The van der Waals surface area contributed by atoms with Crippen LogP contribution >= 0.6 is 43.2 Å². The maximum atomic E-state index is 5.92. The van der Waals surface area contributed by atoms with E-state index in [9.17, 15) is 0 Å².